The van der Waals surface area contributed by atoms with Crippen molar-refractivity contribution in [3.63, 3.8) is 0 Å². The minimum absolute atomic E-state index is 0.190. The van der Waals surface area contributed by atoms with E-state index >= 15 is 0 Å². The van der Waals surface area contributed by atoms with E-state index in [4.69, 9.17) is 9.47 Å². The molecule has 0 aromatic heterocycles. The number of rotatable bonds is 6. The molecule has 0 radical (unpaired) electrons. The molecule has 6 nitrogen and oxygen atoms in total. The third kappa shape index (κ3) is 4.73. The molecule has 0 saturated carbocycles. The molecule has 0 aliphatic rings. The van der Waals surface area contributed by atoms with Crippen LogP contribution in [0.4, 0.5) is 5.69 Å². The summed E-state index contributed by atoms with van der Waals surface area (Å²) in [5.41, 5.74) is 1.00. The quantitative estimate of drug-likeness (QED) is 0.762. The zero-order valence-electron chi connectivity index (χ0n) is 13.2. The minimum atomic E-state index is -0.479. The van der Waals surface area contributed by atoms with Crippen LogP contribution < -0.4 is 14.8 Å². The average Bonchev–Trinajstić information content (AvgIpc) is 2.61. The number of anilines is 1. The number of halogens is 1. The van der Waals surface area contributed by atoms with E-state index in [0.717, 1.165) is 4.47 Å². The highest BCUT2D eigenvalue weighted by Crippen LogP contribution is 2.28. The maximum Gasteiger partial charge on any atom is 0.337 e. The molecule has 1 amide bonds. The Morgan fingerprint density at radius 2 is 1.75 bits per heavy atom. The highest BCUT2D eigenvalue weighted by Gasteiger charge is 2.12. The number of benzene rings is 2. The van der Waals surface area contributed by atoms with Gasteiger partial charge in [0.25, 0.3) is 5.91 Å². The third-order valence-electron chi connectivity index (χ3n) is 3.07. The lowest BCUT2D eigenvalue weighted by Gasteiger charge is -2.12. The lowest BCUT2D eigenvalue weighted by atomic mass is 10.2. The van der Waals surface area contributed by atoms with Crippen molar-refractivity contribution in [3.05, 3.63) is 52.5 Å². The minimum Gasteiger partial charge on any atom is -0.493 e. The summed E-state index contributed by atoms with van der Waals surface area (Å²) in [5.74, 6) is -0.0882. The molecule has 0 spiro atoms. The number of hydrogen-bond donors (Lipinski definition) is 1. The highest BCUT2D eigenvalue weighted by atomic mass is 79.9. The highest BCUT2D eigenvalue weighted by molar-refractivity contribution is 9.10. The van der Waals surface area contributed by atoms with E-state index in [1.165, 1.54) is 26.4 Å². The molecule has 0 aliphatic heterocycles. The summed E-state index contributed by atoms with van der Waals surface area (Å²) in [4.78, 5) is 23.4. The van der Waals surface area contributed by atoms with E-state index in [1.54, 1.807) is 18.2 Å². The first-order valence-corrected chi connectivity index (χ1v) is 7.77. The molecule has 0 bridgehead atoms. The van der Waals surface area contributed by atoms with Crippen molar-refractivity contribution in [2.24, 2.45) is 0 Å². The van der Waals surface area contributed by atoms with Gasteiger partial charge in [0.1, 0.15) is 0 Å². The van der Waals surface area contributed by atoms with Gasteiger partial charge >= 0.3 is 5.97 Å². The second kappa shape index (κ2) is 8.35. The number of amides is 1. The summed E-state index contributed by atoms with van der Waals surface area (Å²) < 4.78 is 16.2. The molecule has 1 N–H and O–H groups in total. The number of esters is 1. The van der Waals surface area contributed by atoms with Gasteiger partial charge in [-0.15, -0.1) is 0 Å². The zero-order valence-corrected chi connectivity index (χ0v) is 14.8. The molecular weight excluding hydrogens is 378 g/mol. The van der Waals surface area contributed by atoms with Gasteiger partial charge in [-0.3, -0.25) is 4.79 Å². The van der Waals surface area contributed by atoms with Gasteiger partial charge in [0.2, 0.25) is 0 Å². The summed E-state index contributed by atoms with van der Waals surface area (Å²) in [6.07, 6.45) is 0. The maximum absolute atomic E-state index is 11.9. The van der Waals surface area contributed by atoms with Crippen LogP contribution in [0.15, 0.2) is 46.9 Å². The second-order valence-corrected chi connectivity index (χ2v) is 5.62. The van der Waals surface area contributed by atoms with Crippen molar-refractivity contribution in [3.8, 4) is 11.5 Å². The van der Waals surface area contributed by atoms with Gasteiger partial charge < -0.3 is 19.5 Å². The first-order chi connectivity index (χ1) is 11.5. The van der Waals surface area contributed by atoms with Crippen LogP contribution in [0, 0.1) is 0 Å². The summed E-state index contributed by atoms with van der Waals surface area (Å²) in [6.45, 7) is -0.190. The zero-order chi connectivity index (χ0) is 17.5. The average molecular weight is 394 g/mol. The molecule has 0 saturated heterocycles. The molecule has 7 heteroatoms. The van der Waals surface area contributed by atoms with Gasteiger partial charge in [-0.1, -0.05) is 15.9 Å². The standard InChI is InChI=1S/C17H16BrNO5/c1-22-15-9-11(17(21)23-2)3-8-14(15)24-10-16(20)19-13-6-4-12(18)5-7-13/h3-9H,10H2,1-2H3,(H,19,20). The SMILES string of the molecule is COC(=O)c1ccc(OCC(=O)Nc2ccc(Br)cc2)c(OC)c1. The predicted molar refractivity (Wildman–Crippen MR) is 92.6 cm³/mol. The Bertz CT molecular complexity index is 730. The number of carbonyl (C=O) groups excluding carboxylic acids is 2. The van der Waals surface area contributed by atoms with E-state index in [2.05, 4.69) is 26.0 Å². The molecule has 2 aromatic carbocycles. The Morgan fingerprint density at radius 3 is 2.38 bits per heavy atom. The van der Waals surface area contributed by atoms with Gasteiger partial charge in [-0.2, -0.15) is 0 Å². The molecule has 0 heterocycles. The number of ether oxygens (including phenoxy) is 3. The summed E-state index contributed by atoms with van der Waals surface area (Å²) >= 11 is 3.33. The lowest BCUT2D eigenvalue weighted by molar-refractivity contribution is -0.118. The number of nitrogens with one attached hydrogen (secondary N) is 1. The van der Waals surface area contributed by atoms with Crippen molar-refractivity contribution in [2.45, 2.75) is 0 Å². The summed E-state index contributed by atoms with van der Waals surface area (Å²) in [6, 6.07) is 11.8. The van der Waals surface area contributed by atoms with Gasteiger partial charge in [0.05, 0.1) is 19.8 Å². The third-order valence-corrected chi connectivity index (χ3v) is 3.60. The van der Waals surface area contributed by atoms with Crippen LogP contribution in [-0.4, -0.2) is 32.7 Å². The Hall–Kier alpha value is -2.54. The molecule has 2 rings (SSSR count). The Balaban J connectivity index is 1.99. The van der Waals surface area contributed by atoms with Crippen molar-refractivity contribution < 1.29 is 23.8 Å². The van der Waals surface area contributed by atoms with Gasteiger partial charge in [0, 0.05) is 10.2 Å². The Kier molecular flexibility index (Phi) is 6.20. The Labute approximate surface area is 147 Å². The first kappa shape index (κ1) is 17.8. The Morgan fingerprint density at radius 1 is 1.04 bits per heavy atom. The molecular formula is C17H16BrNO5. The number of hydrogen-bond acceptors (Lipinski definition) is 5. The normalized spacial score (nSPS) is 9.96. The van der Waals surface area contributed by atoms with Crippen LogP contribution in [0.1, 0.15) is 10.4 Å². The van der Waals surface area contributed by atoms with Crippen molar-refractivity contribution in [1.82, 2.24) is 0 Å². The molecule has 0 fully saturated rings. The van der Waals surface area contributed by atoms with E-state index in [1.807, 2.05) is 12.1 Å². The van der Waals surface area contributed by atoms with Crippen molar-refractivity contribution in [1.29, 1.82) is 0 Å². The van der Waals surface area contributed by atoms with E-state index in [0.29, 0.717) is 22.7 Å². The molecule has 24 heavy (non-hydrogen) atoms. The largest absolute Gasteiger partial charge is 0.493 e. The predicted octanol–water partition coefficient (Wildman–Crippen LogP) is 3.26. The maximum atomic E-state index is 11.9. The van der Waals surface area contributed by atoms with Crippen molar-refractivity contribution in [2.75, 3.05) is 26.1 Å². The van der Waals surface area contributed by atoms with Gasteiger partial charge in [0.15, 0.2) is 18.1 Å². The molecule has 126 valence electrons. The van der Waals surface area contributed by atoms with Crippen molar-refractivity contribution >= 4 is 33.5 Å². The number of methoxy groups -OCH3 is 2. The van der Waals surface area contributed by atoms with Gasteiger partial charge in [-0.25, -0.2) is 4.79 Å². The first-order valence-electron chi connectivity index (χ1n) is 6.98. The topological polar surface area (TPSA) is 73.9 Å². The van der Waals surface area contributed by atoms with Crippen LogP contribution in [0.3, 0.4) is 0 Å². The monoisotopic (exact) mass is 393 g/mol. The second-order valence-electron chi connectivity index (χ2n) is 4.70. The fourth-order valence-electron chi connectivity index (χ4n) is 1.91. The van der Waals surface area contributed by atoms with E-state index < -0.39 is 5.97 Å². The van der Waals surface area contributed by atoms with Gasteiger partial charge in [-0.05, 0) is 42.5 Å². The fraction of sp³-hybridized carbons (Fsp3) is 0.176. The van der Waals surface area contributed by atoms with Crippen LogP contribution in [0.2, 0.25) is 0 Å². The van der Waals surface area contributed by atoms with Crippen LogP contribution in [-0.2, 0) is 9.53 Å². The smallest absolute Gasteiger partial charge is 0.337 e. The molecule has 2 aromatic rings. The number of carbonyl (C=O) groups is 2. The molecule has 0 atom stereocenters. The van der Waals surface area contributed by atoms with Crippen LogP contribution in [0.25, 0.3) is 0 Å². The van der Waals surface area contributed by atoms with E-state index in [-0.39, 0.29) is 12.5 Å². The fourth-order valence-corrected chi connectivity index (χ4v) is 2.17. The van der Waals surface area contributed by atoms with Crippen LogP contribution in [0.5, 0.6) is 11.5 Å². The summed E-state index contributed by atoms with van der Waals surface area (Å²) in [7, 11) is 2.75. The molecule has 0 unspecified atom stereocenters. The summed E-state index contributed by atoms with van der Waals surface area (Å²) in [5, 5.41) is 2.72. The molecule has 0 aliphatic carbocycles. The van der Waals surface area contributed by atoms with E-state index in [9.17, 15) is 9.59 Å². The lowest BCUT2D eigenvalue weighted by Crippen LogP contribution is -2.20. The van der Waals surface area contributed by atoms with Crippen LogP contribution >= 0.6 is 15.9 Å².